The van der Waals surface area contributed by atoms with Crippen molar-refractivity contribution in [1.29, 1.82) is 0 Å². The van der Waals surface area contributed by atoms with Gasteiger partial charge in [-0.15, -0.1) is 0 Å². The number of rotatable bonds is 7. The molecule has 1 saturated heterocycles. The number of fused-ring (bicyclic) bond motifs is 1. The summed E-state index contributed by atoms with van der Waals surface area (Å²) in [6.45, 7) is 1.99. The van der Waals surface area contributed by atoms with Crippen molar-refractivity contribution in [2.75, 3.05) is 24.4 Å². The van der Waals surface area contributed by atoms with Gasteiger partial charge in [-0.2, -0.15) is 5.10 Å². The molecule has 1 aliphatic heterocycles. The highest BCUT2D eigenvalue weighted by Crippen LogP contribution is 2.35. The molecular weight excluding hydrogens is 406 g/mol. The summed E-state index contributed by atoms with van der Waals surface area (Å²) in [5.41, 5.74) is 10.1. The number of nitrogen functional groups attached to an aromatic ring is 1. The second kappa shape index (κ2) is 8.81. The van der Waals surface area contributed by atoms with Crippen molar-refractivity contribution in [3.8, 4) is 5.75 Å². The number of nitrogens with two attached hydrogens (primary N) is 1. The Bertz CT molecular complexity index is 1090. The number of hydrogen-bond donors (Lipinski definition) is 5. The number of aliphatic hydroxyl groups is 3. The molecule has 1 aliphatic rings. The van der Waals surface area contributed by atoms with Crippen LogP contribution in [0.15, 0.2) is 35.7 Å². The Kier molecular flexibility index (Phi) is 5.95. The van der Waals surface area contributed by atoms with Gasteiger partial charge in [0.15, 0.2) is 23.2 Å². The predicted octanol–water partition coefficient (Wildman–Crippen LogP) is -0.135. The molecule has 3 heterocycles. The van der Waals surface area contributed by atoms with Crippen LogP contribution in [0.5, 0.6) is 5.75 Å². The molecular formula is C19H23N7O5. The molecule has 12 nitrogen and oxygen atoms in total. The highest BCUT2D eigenvalue weighted by Gasteiger charge is 2.45. The molecule has 4 rings (SSSR count). The molecule has 31 heavy (non-hydrogen) atoms. The second-order valence-electron chi connectivity index (χ2n) is 6.84. The molecule has 3 aromatic rings. The molecule has 0 unspecified atom stereocenters. The lowest BCUT2D eigenvalue weighted by Gasteiger charge is -2.18. The minimum Gasteiger partial charge on any atom is -0.494 e. The van der Waals surface area contributed by atoms with E-state index in [2.05, 4.69) is 25.5 Å². The molecule has 0 radical (unpaired) electrons. The fourth-order valence-corrected chi connectivity index (χ4v) is 3.36. The zero-order valence-electron chi connectivity index (χ0n) is 16.7. The SMILES string of the molecule is CCOc1cccc(/C=N/Nc2nc3c(N)ncnc3n2[C@@H]2O[C@H](CO)[C@@H](O)[C@H]2O)c1. The first-order valence-corrected chi connectivity index (χ1v) is 9.66. The summed E-state index contributed by atoms with van der Waals surface area (Å²) in [6.07, 6.45) is -1.84. The van der Waals surface area contributed by atoms with Crippen LogP contribution in [0.1, 0.15) is 18.7 Å². The highest BCUT2D eigenvalue weighted by molar-refractivity contribution is 5.84. The summed E-state index contributed by atoms with van der Waals surface area (Å²) in [5, 5.41) is 34.2. The maximum atomic E-state index is 10.5. The minimum absolute atomic E-state index is 0.131. The Balaban J connectivity index is 1.67. The fourth-order valence-electron chi connectivity index (χ4n) is 3.36. The summed E-state index contributed by atoms with van der Waals surface area (Å²) in [6, 6.07) is 7.37. The maximum absolute atomic E-state index is 10.5. The first-order valence-electron chi connectivity index (χ1n) is 9.66. The third-order valence-electron chi connectivity index (χ3n) is 4.82. The zero-order chi connectivity index (χ0) is 22.0. The Labute approximate surface area is 177 Å². The largest absolute Gasteiger partial charge is 0.494 e. The van der Waals surface area contributed by atoms with Crippen LogP contribution in [0.2, 0.25) is 0 Å². The van der Waals surface area contributed by atoms with Crippen LogP contribution in [0.4, 0.5) is 11.8 Å². The predicted molar refractivity (Wildman–Crippen MR) is 112 cm³/mol. The number of imidazole rings is 1. The molecule has 4 atom stereocenters. The smallest absolute Gasteiger partial charge is 0.228 e. The molecule has 0 saturated carbocycles. The van der Waals surface area contributed by atoms with Gasteiger partial charge in [-0.25, -0.2) is 20.4 Å². The van der Waals surface area contributed by atoms with E-state index in [0.717, 1.165) is 5.56 Å². The Morgan fingerprint density at radius 2 is 2.16 bits per heavy atom. The van der Waals surface area contributed by atoms with Gasteiger partial charge in [-0.3, -0.25) is 4.57 Å². The molecule has 0 aliphatic carbocycles. The van der Waals surface area contributed by atoms with E-state index in [4.69, 9.17) is 15.2 Å². The minimum atomic E-state index is -1.34. The van der Waals surface area contributed by atoms with Gasteiger partial charge in [0.05, 0.1) is 19.4 Å². The molecule has 0 bridgehead atoms. The monoisotopic (exact) mass is 429 g/mol. The van der Waals surface area contributed by atoms with E-state index in [1.54, 1.807) is 6.21 Å². The van der Waals surface area contributed by atoms with Crippen LogP contribution in [-0.4, -0.2) is 72.6 Å². The molecule has 0 amide bonds. The maximum Gasteiger partial charge on any atom is 0.228 e. The van der Waals surface area contributed by atoms with Crippen LogP contribution >= 0.6 is 0 Å². The number of anilines is 2. The van der Waals surface area contributed by atoms with E-state index < -0.39 is 31.1 Å². The average molecular weight is 429 g/mol. The van der Waals surface area contributed by atoms with Crippen LogP contribution in [0.25, 0.3) is 11.2 Å². The zero-order valence-corrected chi connectivity index (χ0v) is 16.7. The Morgan fingerprint density at radius 3 is 2.90 bits per heavy atom. The van der Waals surface area contributed by atoms with E-state index in [-0.39, 0.29) is 22.9 Å². The lowest BCUT2D eigenvalue weighted by molar-refractivity contribution is -0.0501. The lowest BCUT2D eigenvalue weighted by Crippen LogP contribution is -2.33. The van der Waals surface area contributed by atoms with Crippen LogP contribution < -0.4 is 15.9 Å². The number of hydrazone groups is 1. The van der Waals surface area contributed by atoms with Crippen molar-refractivity contribution < 1.29 is 24.8 Å². The van der Waals surface area contributed by atoms with E-state index >= 15 is 0 Å². The van der Waals surface area contributed by atoms with Gasteiger partial charge in [-0.05, 0) is 24.6 Å². The lowest BCUT2D eigenvalue weighted by atomic mass is 10.1. The highest BCUT2D eigenvalue weighted by atomic mass is 16.6. The van der Waals surface area contributed by atoms with E-state index in [1.165, 1.54) is 10.9 Å². The first kappa shape index (κ1) is 20.9. The summed E-state index contributed by atoms with van der Waals surface area (Å²) in [5.74, 6) is 1.01. The van der Waals surface area contributed by atoms with E-state index in [1.807, 2.05) is 31.2 Å². The van der Waals surface area contributed by atoms with Crippen LogP contribution in [-0.2, 0) is 4.74 Å². The van der Waals surface area contributed by atoms with Crippen molar-refractivity contribution in [3.63, 3.8) is 0 Å². The Hall–Kier alpha value is -3.32. The molecule has 0 spiro atoms. The first-order chi connectivity index (χ1) is 15.0. The number of aliphatic hydroxyl groups excluding tert-OH is 3. The third-order valence-corrected chi connectivity index (χ3v) is 4.82. The molecule has 12 heteroatoms. The fraction of sp³-hybridized carbons (Fsp3) is 0.368. The number of hydrogen-bond acceptors (Lipinski definition) is 11. The van der Waals surface area contributed by atoms with Crippen molar-refractivity contribution >= 4 is 29.1 Å². The number of nitrogens with zero attached hydrogens (tertiary/aromatic N) is 5. The van der Waals surface area contributed by atoms with Gasteiger partial charge in [0, 0.05) is 0 Å². The third kappa shape index (κ3) is 4.01. The van der Waals surface area contributed by atoms with Gasteiger partial charge in [-0.1, -0.05) is 12.1 Å². The average Bonchev–Trinajstić information content (AvgIpc) is 3.27. The molecule has 164 valence electrons. The molecule has 1 fully saturated rings. The summed E-state index contributed by atoms with van der Waals surface area (Å²) >= 11 is 0. The topological polar surface area (TPSA) is 173 Å². The van der Waals surface area contributed by atoms with Gasteiger partial charge >= 0.3 is 0 Å². The summed E-state index contributed by atoms with van der Waals surface area (Å²) < 4.78 is 12.5. The van der Waals surface area contributed by atoms with E-state index in [9.17, 15) is 15.3 Å². The quantitative estimate of drug-likeness (QED) is 0.251. The summed E-state index contributed by atoms with van der Waals surface area (Å²) in [7, 11) is 0. The number of benzene rings is 1. The standard InChI is InChI=1S/C19H23N7O5/c1-2-30-11-5-3-4-10(6-11)7-23-25-19-24-13-16(20)21-9-22-17(13)26(19)18-15(29)14(28)12(8-27)31-18/h3-7,9,12,14-15,18,27-29H,2,8H2,1H3,(H,24,25)(H2,20,21,22)/b23-7+/t12-,14-,15-,18-/m1/s1. The number of aromatic nitrogens is 4. The van der Waals surface area contributed by atoms with Crippen molar-refractivity contribution in [2.45, 2.75) is 31.5 Å². The summed E-state index contributed by atoms with van der Waals surface area (Å²) in [4.78, 5) is 12.5. The normalized spacial score (nSPS) is 23.6. The number of nitrogens with one attached hydrogen (secondary N) is 1. The van der Waals surface area contributed by atoms with Crippen LogP contribution in [0.3, 0.4) is 0 Å². The molecule has 2 aromatic heterocycles. The molecule has 6 N–H and O–H groups in total. The van der Waals surface area contributed by atoms with Crippen LogP contribution in [0, 0.1) is 0 Å². The number of ether oxygens (including phenoxy) is 2. The van der Waals surface area contributed by atoms with Gasteiger partial charge in [0.2, 0.25) is 5.95 Å². The van der Waals surface area contributed by atoms with E-state index in [0.29, 0.717) is 12.4 Å². The van der Waals surface area contributed by atoms with Crippen molar-refractivity contribution in [3.05, 3.63) is 36.2 Å². The van der Waals surface area contributed by atoms with Crippen molar-refractivity contribution in [1.82, 2.24) is 19.5 Å². The molecule has 1 aromatic carbocycles. The van der Waals surface area contributed by atoms with Crippen molar-refractivity contribution in [2.24, 2.45) is 5.10 Å². The van der Waals surface area contributed by atoms with Gasteiger partial charge < -0.3 is 30.5 Å². The van der Waals surface area contributed by atoms with Gasteiger partial charge in [0.1, 0.15) is 30.4 Å². The second-order valence-corrected chi connectivity index (χ2v) is 6.84. The Morgan fingerprint density at radius 1 is 1.32 bits per heavy atom. The van der Waals surface area contributed by atoms with Gasteiger partial charge in [0.25, 0.3) is 0 Å².